The van der Waals surface area contributed by atoms with Gasteiger partial charge < -0.3 is 35.1 Å². The minimum absolute atomic E-state index is 0.0218. The minimum Gasteiger partial charge on any atom is -0.508 e. The second-order valence-electron chi connectivity index (χ2n) is 20.3. The number of likely N-dealkylation sites (N-methyl/N-ethyl adjacent to an activating group) is 1. The maximum absolute atomic E-state index is 14.8. The number of fused-ring (bicyclic) bond motifs is 6. The number of phenols is 1. The van der Waals surface area contributed by atoms with Gasteiger partial charge in [-0.1, -0.05) is 39.8 Å². The molecule has 4 aromatic rings. The summed E-state index contributed by atoms with van der Waals surface area (Å²) in [7, 11) is -0.580. The smallest absolute Gasteiger partial charge is 0.324 e. The van der Waals surface area contributed by atoms with Crippen molar-refractivity contribution in [3.05, 3.63) is 71.5 Å². The van der Waals surface area contributed by atoms with Crippen LogP contribution in [0.15, 0.2) is 54.9 Å². The van der Waals surface area contributed by atoms with Crippen LogP contribution in [0.1, 0.15) is 70.6 Å². The molecule has 18 nitrogen and oxygen atoms in total. The second kappa shape index (κ2) is 20.1. The number of ether oxygens (including phenoxy) is 2. The Kier molecular flexibility index (Phi) is 14.6. The number of carbonyl (C=O) groups is 4. The molecule has 3 saturated heterocycles. The molecule has 8 rings (SSSR count). The summed E-state index contributed by atoms with van der Waals surface area (Å²) in [6.07, 6.45) is 5.31. The summed E-state index contributed by atoms with van der Waals surface area (Å²) < 4.78 is 43.1. The van der Waals surface area contributed by atoms with Gasteiger partial charge in [-0.05, 0) is 96.7 Å². The Bertz CT molecular complexity index is 2720. The highest BCUT2D eigenvalue weighted by Gasteiger charge is 2.45. The SMILES string of the molecule is CCn1c(-c2cnccc2COC)c2c3cc(ccc31)-c1cc(O)cc(c1)C[C@H](NC(=O)[C@H](C(C)C)N(C)C(=O)[C@H]1CCN(S(=O)(=O)N3CC(N)C3)C1)C(=O)N1CCC[C@H](N1)C(=O)OCC(C)(C)C2. The van der Waals surface area contributed by atoms with Crippen LogP contribution < -0.4 is 16.5 Å². The molecular weight excluding hydrogens is 903 g/mol. The van der Waals surface area contributed by atoms with Gasteiger partial charge in [0.15, 0.2) is 0 Å². The molecule has 3 amide bonds. The summed E-state index contributed by atoms with van der Waals surface area (Å²) in [5.41, 5.74) is 15.4. The molecule has 372 valence electrons. The molecule has 69 heavy (non-hydrogen) atoms. The van der Waals surface area contributed by atoms with Crippen molar-refractivity contribution in [2.45, 2.75) is 104 Å². The first-order valence-electron chi connectivity index (χ1n) is 24.0. The number of nitrogens with zero attached hydrogens (tertiary/aromatic N) is 6. The third-order valence-electron chi connectivity index (χ3n) is 14.0. The van der Waals surface area contributed by atoms with Crippen molar-refractivity contribution in [2.75, 3.05) is 53.5 Å². The van der Waals surface area contributed by atoms with Crippen molar-refractivity contribution < 1.29 is 42.2 Å². The number of cyclic esters (lactones) is 1. The first-order valence-corrected chi connectivity index (χ1v) is 25.4. The van der Waals surface area contributed by atoms with E-state index in [9.17, 15) is 32.7 Å². The molecule has 2 aromatic heterocycles. The minimum atomic E-state index is -3.78. The second-order valence-corrected chi connectivity index (χ2v) is 22.2. The number of amides is 3. The van der Waals surface area contributed by atoms with Crippen molar-refractivity contribution in [3.63, 3.8) is 0 Å². The van der Waals surface area contributed by atoms with E-state index in [4.69, 9.17) is 15.2 Å². The van der Waals surface area contributed by atoms with Crippen molar-refractivity contribution in [1.29, 1.82) is 0 Å². The van der Waals surface area contributed by atoms with Gasteiger partial charge in [0.05, 0.1) is 24.8 Å². The zero-order chi connectivity index (χ0) is 49.5. The van der Waals surface area contributed by atoms with Crippen molar-refractivity contribution in [2.24, 2.45) is 23.0 Å². The van der Waals surface area contributed by atoms with E-state index in [-0.39, 0.29) is 69.9 Å². The van der Waals surface area contributed by atoms with Crippen LogP contribution in [0.5, 0.6) is 5.75 Å². The van der Waals surface area contributed by atoms with Crippen LogP contribution in [0, 0.1) is 17.3 Å². The first-order chi connectivity index (χ1) is 32.8. The number of aryl methyl sites for hydroxylation is 1. The van der Waals surface area contributed by atoms with Gasteiger partial charge in [-0.3, -0.25) is 29.2 Å². The summed E-state index contributed by atoms with van der Waals surface area (Å²) in [5, 5.41) is 16.7. The summed E-state index contributed by atoms with van der Waals surface area (Å²) in [5.74, 6) is -3.08. The number of pyridine rings is 1. The number of benzene rings is 2. The number of hydrogen-bond acceptors (Lipinski definition) is 12. The van der Waals surface area contributed by atoms with Crippen LogP contribution in [0.2, 0.25) is 0 Å². The Morgan fingerprint density at radius 3 is 2.54 bits per heavy atom. The molecule has 0 radical (unpaired) electrons. The fourth-order valence-electron chi connectivity index (χ4n) is 10.5. The zero-order valence-corrected chi connectivity index (χ0v) is 41.6. The highest BCUT2D eigenvalue weighted by molar-refractivity contribution is 7.86. The number of nitrogens with one attached hydrogen (secondary N) is 2. The van der Waals surface area contributed by atoms with E-state index in [1.165, 1.54) is 25.6 Å². The van der Waals surface area contributed by atoms with Gasteiger partial charge in [-0.2, -0.15) is 17.0 Å². The molecule has 3 fully saturated rings. The van der Waals surface area contributed by atoms with Crippen LogP contribution >= 0.6 is 0 Å². The van der Waals surface area contributed by atoms with Crippen molar-refractivity contribution in [1.82, 2.24) is 38.8 Å². The number of aromatic nitrogens is 2. The van der Waals surface area contributed by atoms with Crippen LogP contribution in [-0.4, -0.2) is 143 Å². The molecule has 4 aliphatic rings. The standard InChI is InChI=1S/C50H67N9O9S/c1-8-58-43-12-11-32-22-38(43)39(45(58)40-24-52-15-13-34(40)28-67-7)23-50(4,5)29-68-49(64)41-10-9-16-59(54-41)48(63)42(20-31-18-35(32)21-37(60)19-31)53-46(61)44(30(2)3)55(6)47(62)33-14-17-56(25-33)69(65,66)57-26-36(51)27-57/h11-13,15,18-19,21-22,24,30,33,36,41-42,44,54,60H,8-10,14,16-17,20,23,25-29,51H2,1-7H3,(H,53,61)/t33-,41-,42-,44-/m0/s1. The average Bonchev–Trinajstić information content (AvgIpc) is 3.92. The predicted octanol–water partition coefficient (Wildman–Crippen LogP) is 3.58. The number of nitrogens with two attached hydrogens (primary N) is 1. The van der Waals surface area contributed by atoms with Gasteiger partial charge >= 0.3 is 5.97 Å². The molecule has 2 aromatic carbocycles. The number of methoxy groups -OCH3 is 1. The van der Waals surface area contributed by atoms with Crippen LogP contribution in [0.25, 0.3) is 33.3 Å². The van der Waals surface area contributed by atoms with Gasteiger partial charge in [0.1, 0.15) is 23.9 Å². The third-order valence-corrected chi connectivity index (χ3v) is 15.9. The summed E-state index contributed by atoms with van der Waals surface area (Å²) in [6.45, 7) is 11.8. The lowest BCUT2D eigenvalue weighted by Crippen LogP contribution is -2.62. The number of carbonyl (C=O) groups excluding carboxylic acids is 4. The number of phenolic OH excluding ortho intramolecular Hbond substituents is 1. The highest BCUT2D eigenvalue weighted by Crippen LogP contribution is 2.41. The maximum atomic E-state index is 14.8. The molecule has 6 bridgehead atoms. The van der Waals surface area contributed by atoms with E-state index in [1.54, 1.807) is 39.3 Å². The van der Waals surface area contributed by atoms with Gasteiger partial charge in [0.25, 0.3) is 16.1 Å². The molecule has 0 aliphatic carbocycles. The zero-order valence-electron chi connectivity index (χ0n) is 40.7. The van der Waals surface area contributed by atoms with Gasteiger partial charge in [-0.25, -0.2) is 5.43 Å². The van der Waals surface area contributed by atoms with E-state index >= 15 is 0 Å². The molecule has 4 aliphatic heterocycles. The molecule has 19 heteroatoms. The van der Waals surface area contributed by atoms with Crippen LogP contribution in [0.4, 0.5) is 0 Å². The van der Waals surface area contributed by atoms with Gasteiger partial charge in [-0.15, -0.1) is 0 Å². The van der Waals surface area contributed by atoms with E-state index in [0.717, 1.165) is 38.9 Å². The quantitative estimate of drug-likeness (QED) is 0.159. The molecule has 0 unspecified atom stereocenters. The normalized spacial score (nSPS) is 22.3. The molecule has 4 atom stereocenters. The van der Waals surface area contributed by atoms with Crippen molar-refractivity contribution >= 4 is 44.8 Å². The monoisotopic (exact) mass is 969 g/mol. The average molecular weight is 970 g/mol. The van der Waals surface area contributed by atoms with Crippen LogP contribution in [0.3, 0.4) is 0 Å². The Morgan fingerprint density at radius 1 is 1.06 bits per heavy atom. The van der Waals surface area contributed by atoms with Gasteiger partial charge in [0, 0.05) is 100 Å². The fourth-order valence-corrected chi connectivity index (χ4v) is 12.3. The number of aromatic hydroxyl groups is 1. The predicted molar refractivity (Wildman–Crippen MR) is 260 cm³/mol. The number of esters is 1. The number of hydrogen-bond donors (Lipinski definition) is 4. The summed E-state index contributed by atoms with van der Waals surface area (Å²) >= 11 is 0. The van der Waals surface area contributed by atoms with Gasteiger partial charge in [0.2, 0.25) is 11.8 Å². The Labute approximate surface area is 404 Å². The Hall–Kier alpha value is -5.44. The summed E-state index contributed by atoms with van der Waals surface area (Å²) in [6, 6.07) is 10.0. The molecular formula is C50H67N9O9S. The molecule has 5 N–H and O–H groups in total. The lowest BCUT2D eigenvalue weighted by atomic mass is 9.84. The molecule has 0 spiro atoms. The maximum Gasteiger partial charge on any atom is 0.324 e. The largest absolute Gasteiger partial charge is 0.508 e. The first kappa shape index (κ1) is 50.0. The third kappa shape index (κ3) is 10.3. The Balaban J connectivity index is 1.15. The Morgan fingerprint density at radius 2 is 1.83 bits per heavy atom. The van der Waals surface area contributed by atoms with E-state index < -0.39 is 63.4 Å². The highest BCUT2D eigenvalue weighted by atomic mass is 32.2. The van der Waals surface area contributed by atoms with Crippen LogP contribution in [-0.2, 0) is 64.9 Å². The summed E-state index contributed by atoms with van der Waals surface area (Å²) in [4.78, 5) is 63.3. The lowest BCUT2D eigenvalue weighted by Gasteiger charge is -2.38. The topological polar surface area (TPSA) is 222 Å². The van der Waals surface area contributed by atoms with E-state index in [2.05, 4.69) is 53.2 Å². The number of rotatable bonds is 11. The lowest BCUT2D eigenvalue weighted by molar-refractivity contribution is -0.155. The fraction of sp³-hybridized carbons (Fsp3) is 0.540. The number of hydrazine groups is 1. The van der Waals surface area contributed by atoms with E-state index in [0.29, 0.717) is 43.5 Å². The van der Waals surface area contributed by atoms with E-state index in [1.807, 2.05) is 24.4 Å². The molecule has 0 saturated carbocycles. The molecule has 6 heterocycles. The van der Waals surface area contributed by atoms with Crippen molar-refractivity contribution in [3.8, 4) is 28.1 Å².